The van der Waals surface area contributed by atoms with Gasteiger partial charge in [-0.1, -0.05) is 30.7 Å². The van der Waals surface area contributed by atoms with Crippen LogP contribution in [0.5, 0.6) is 0 Å². The molecule has 2 rings (SSSR count). The van der Waals surface area contributed by atoms with Gasteiger partial charge in [-0.3, -0.25) is 9.59 Å². The number of carbonyl (C=O) groups is 2. The molecule has 0 spiro atoms. The highest BCUT2D eigenvalue weighted by Gasteiger charge is 2.51. The summed E-state index contributed by atoms with van der Waals surface area (Å²) in [6, 6.07) is 7.37. The number of carbonyl (C=O) groups excluding carboxylic acids is 1. The Morgan fingerprint density at radius 3 is 2.70 bits per heavy atom. The van der Waals surface area contributed by atoms with Crippen molar-refractivity contribution in [1.29, 1.82) is 0 Å². The fourth-order valence-electron chi connectivity index (χ4n) is 2.36. The average Bonchev–Trinajstić information content (AvgIpc) is 3.16. The Morgan fingerprint density at radius 2 is 2.15 bits per heavy atom. The number of benzene rings is 1. The molecule has 0 aliphatic heterocycles. The molecule has 0 heterocycles. The Labute approximate surface area is 123 Å². The predicted octanol–water partition coefficient (Wildman–Crippen LogP) is 2.60. The second kappa shape index (κ2) is 5.83. The van der Waals surface area contributed by atoms with Crippen LogP contribution in [0.25, 0.3) is 0 Å². The average molecular weight is 296 g/mol. The molecule has 4 nitrogen and oxygen atoms in total. The SMILES string of the molecule is CC(CNC(=O)C1(c2cccc(Cl)c2)CC1)CC(=O)O. The fraction of sp³-hybridized carbons (Fsp3) is 0.467. The number of amides is 1. The Bertz CT molecular complexity index is 526. The van der Waals surface area contributed by atoms with Gasteiger partial charge in [0.1, 0.15) is 0 Å². The van der Waals surface area contributed by atoms with Gasteiger partial charge in [0.15, 0.2) is 0 Å². The summed E-state index contributed by atoms with van der Waals surface area (Å²) in [5.41, 5.74) is 0.474. The highest BCUT2D eigenvalue weighted by atomic mass is 35.5. The molecule has 1 aromatic carbocycles. The predicted molar refractivity (Wildman–Crippen MR) is 76.8 cm³/mol. The summed E-state index contributed by atoms with van der Waals surface area (Å²) in [6.45, 7) is 2.20. The summed E-state index contributed by atoms with van der Waals surface area (Å²) in [5, 5.41) is 12.2. The highest BCUT2D eigenvalue weighted by Crippen LogP contribution is 2.48. The van der Waals surface area contributed by atoms with Gasteiger partial charge in [0.2, 0.25) is 5.91 Å². The van der Waals surface area contributed by atoms with Gasteiger partial charge in [0, 0.05) is 18.0 Å². The number of rotatable bonds is 6. The molecule has 2 N–H and O–H groups in total. The van der Waals surface area contributed by atoms with Crippen molar-refractivity contribution in [3.8, 4) is 0 Å². The zero-order valence-electron chi connectivity index (χ0n) is 11.4. The van der Waals surface area contributed by atoms with E-state index in [4.69, 9.17) is 16.7 Å². The lowest BCUT2D eigenvalue weighted by Gasteiger charge is -2.18. The van der Waals surface area contributed by atoms with E-state index in [2.05, 4.69) is 5.32 Å². The Hall–Kier alpha value is -1.55. The largest absolute Gasteiger partial charge is 0.481 e. The summed E-state index contributed by atoms with van der Waals surface area (Å²) in [6.07, 6.45) is 1.68. The maximum Gasteiger partial charge on any atom is 0.303 e. The van der Waals surface area contributed by atoms with Crippen LogP contribution in [0.2, 0.25) is 5.02 Å². The van der Waals surface area contributed by atoms with Gasteiger partial charge in [-0.15, -0.1) is 0 Å². The number of halogens is 1. The van der Waals surface area contributed by atoms with Gasteiger partial charge in [-0.2, -0.15) is 0 Å². The number of nitrogens with one attached hydrogen (secondary N) is 1. The molecule has 1 fully saturated rings. The smallest absolute Gasteiger partial charge is 0.303 e. The van der Waals surface area contributed by atoms with Crippen LogP contribution >= 0.6 is 11.6 Å². The minimum absolute atomic E-state index is 0.0306. The van der Waals surface area contributed by atoms with E-state index in [1.165, 1.54) is 0 Å². The van der Waals surface area contributed by atoms with Crippen LogP contribution in [0, 0.1) is 5.92 Å². The molecular formula is C15H18ClNO3. The van der Waals surface area contributed by atoms with Crippen molar-refractivity contribution in [1.82, 2.24) is 5.32 Å². The van der Waals surface area contributed by atoms with Crippen molar-refractivity contribution in [2.75, 3.05) is 6.54 Å². The normalized spacial score (nSPS) is 17.3. The van der Waals surface area contributed by atoms with Gasteiger partial charge < -0.3 is 10.4 Å². The molecule has 1 aromatic rings. The molecule has 0 saturated heterocycles. The number of hydrogen-bond donors (Lipinski definition) is 2. The number of carboxylic acid groups (broad SMARTS) is 1. The first-order valence-corrected chi connectivity index (χ1v) is 7.08. The van der Waals surface area contributed by atoms with Crippen molar-refractivity contribution < 1.29 is 14.7 Å². The van der Waals surface area contributed by atoms with Crippen LogP contribution in [-0.4, -0.2) is 23.5 Å². The molecule has 1 atom stereocenters. The number of carboxylic acids is 1. The third-order valence-electron chi connectivity index (χ3n) is 3.70. The Balaban J connectivity index is 1.97. The molecule has 1 saturated carbocycles. The lowest BCUT2D eigenvalue weighted by molar-refractivity contribution is -0.138. The van der Waals surface area contributed by atoms with E-state index < -0.39 is 11.4 Å². The minimum atomic E-state index is -0.845. The van der Waals surface area contributed by atoms with E-state index in [0.29, 0.717) is 11.6 Å². The molecule has 1 unspecified atom stereocenters. The van der Waals surface area contributed by atoms with Gasteiger partial charge in [-0.05, 0) is 36.5 Å². The Kier molecular flexibility index (Phi) is 4.33. The first kappa shape index (κ1) is 14.9. The van der Waals surface area contributed by atoms with Crippen molar-refractivity contribution >= 4 is 23.5 Å². The summed E-state index contributed by atoms with van der Waals surface area (Å²) in [7, 11) is 0. The highest BCUT2D eigenvalue weighted by molar-refractivity contribution is 6.30. The number of aliphatic carboxylic acids is 1. The first-order valence-electron chi connectivity index (χ1n) is 6.70. The zero-order chi connectivity index (χ0) is 14.8. The van der Waals surface area contributed by atoms with Gasteiger partial charge in [0.25, 0.3) is 0 Å². The Morgan fingerprint density at radius 1 is 1.45 bits per heavy atom. The van der Waals surface area contributed by atoms with Crippen LogP contribution in [-0.2, 0) is 15.0 Å². The zero-order valence-corrected chi connectivity index (χ0v) is 12.1. The van der Waals surface area contributed by atoms with Crippen molar-refractivity contribution in [2.24, 2.45) is 5.92 Å². The summed E-state index contributed by atoms with van der Waals surface area (Å²) in [4.78, 5) is 22.9. The molecule has 1 amide bonds. The van der Waals surface area contributed by atoms with Crippen LogP contribution in [0.4, 0.5) is 0 Å². The van der Waals surface area contributed by atoms with E-state index in [1.807, 2.05) is 25.1 Å². The van der Waals surface area contributed by atoms with E-state index in [-0.39, 0.29) is 18.2 Å². The third-order valence-corrected chi connectivity index (χ3v) is 3.93. The maximum absolute atomic E-state index is 12.3. The van der Waals surface area contributed by atoms with Gasteiger partial charge in [-0.25, -0.2) is 0 Å². The standard InChI is InChI=1S/C15H18ClNO3/c1-10(7-13(18)19)9-17-14(20)15(5-6-15)11-3-2-4-12(16)8-11/h2-4,8,10H,5-7,9H2,1H3,(H,17,20)(H,18,19). The van der Waals surface area contributed by atoms with Gasteiger partial charge >= 0.3 is 5.97 Å². The molecule has 5 heteroatoms. The van der Waals surface area contributed by atoms with Crippen molar-refractivity contribution in [3.05, 3.63) is 34.9 Å². The van der Waals surface area contributed by atoms with E-state index in [0.717, 1.165) is 18.4 Å². The molecule has 108 valence electrons. The monoisotopic (exact) mass is 295 g/mol. The number of hydrogen-bond acceptors (Lipinski definition) is 2. The molecule has 1 aliphatic carbocycles. The molecule has 0 bridgehead atoms. The topological polar surface area (TPSA) is 66.4 Å². The lowest BCUT2D eigenvalue weighted by atomic mass is 9.94. The van der Waals surface area contributed by atoms with Crippen LogP contribution in [0.1, 0.15) is 31.7 Å². The summed E-state index contributed by atoms with van der Waals surface area (Å²) >= 11 is 5.97. The maximum atomic E-state index is 12.3. The minimum Gasteiger partial charge on any atom is -0.481 e. The van der Waals surface area contributed by atoms with E-state index in [1.54, 1.807) is 6.07 Å². The van der Waals surface area contributed by atoms with Crippen LogP contribution < -0.4 is 5.32 Å². The molecular weight excluding hydrogens is 278 g/mol. The van der Waals surface area contributed by atoms with E-state index >= 15 is 0 Å². The molecule has 1 aliphatic rings. The van der Waals surface area contributed by atoms with Crippen LogP contribution in [0.15, 0.2) is 24.3 Å². The molecule has 0 aromatic heterocycles. The third kappa shape index (κ3) is 3.31. The van der Waals surface area contributed by atoms with Gasteiger partial charge in [0.05, 0.1) is 5.41 Å². The molecule has 0 radical (unpaired) electrons. The van der Waals surface area contributed by atoms with Crippen molar-refractivity contribution in [2.45, 2.75) is 31.6 Å². The summed E-state index contributed by atoms with van der Waals surface area (Å²) in [5.74, 6) is -0.952. The first-order chi connectivity index (χ1) is 9.44. The second-order valence-corrected chi connectivity index (χ2v) is 5.94. The lowest BCUT2D eigenvalue weighted by Crippen LogP contribution is -2.37. The quantitative estimate of drug-likeness (QED) is 0.848. The fourth-order valence-corrected chi connectivity index (χ4v) is 2.55. The second-order valence-electron chi connectivity index (χ2n) is 5.51. The van der Waals surface area contributed by atoms with E-state index in [9.17, 15) is 9.59 Å². The summed E-state index contributed by atoms with van der Waals surface area (Å²) < 4.78 is 0. The van der Waals surface area contributed by atoms with Crippen LogP contribution in [0.3, 0.4) is 0 Å². The molecule has 20 heavy (non-hydrogen) atoms. The van der Waals surface area contributed by atoms with Crippen molar-refractivity contribution in [3.63, 3.8) is 0 Å².